The van der Waals surface area contributed by atoms with Crippen LogP contribution < -0.4 is 0 Å². The summed E-state index contributed by atoms with van der Waals surface area (Å²) in [5, 5.41) is 0.664. The van der Waals surface area contributed by atoms with E-state index in [1.54, 1.807) is 23.0 Å². The highest BCUT2D eigenvalue weighted by Gasteiger charge is 1.96. The lowest BCUT2D eigenvalue weighted by Gasteiger charge is -1.85. The lowest BCUT2D eigenvalue weighted by Crippen LogP contribution is -1.72. The molecule has 50 valence electrons. The van der Waals surface area contributed by atoms with E-state index >= 15 is 0 Å². The molecule has 0 bridgehead atoms. The third kappa shape index (κ3) is 0.874. The number of halogens is 1. The summed E-state index contributed by atoms with van der Waals surface area (Å²) in [5.41, 5.74) is 2.53. The van der Waals surface area contributed by atoms with Crippen molar-refractivity contribution in [2.75, 3.05) is 0 Å². The van der Waals surface area contributed by atoms with Crippen LogP contribution in [0.25, 0.3) is 10.3 Å². The van der Waals surface area contributed by atoms with Gasteiger partial charge in [0.2, 0.25) is 0 Å². The van der Waals surface area contributed by atoms with Gasteiger partial charge in [0.25, 0.3) is 0 Å². The summed E-state index contributed by atoms with van der Waals surface area (Å²) in [6.07, 6.45) is 1.60. The number of pyridine rings is 1. The van der Waals surface area contributed by atoms with E-state index in [0.717, 1.165) is 10.3 Å². The minimum atomic E-state index is 0.664. The smallest absolute Gasteiger partial charge is 0.170 e. The summed E-state index contributed by atoms with van der Waals surface area (Å²) in [7, 11) is 0. The van der Waals surface area contributed by atoms with Crippen molar-refractivity contribution < 1.29 is 0 Å². The molecule has 0 aliphatic rings. The Bertz CT molecular complexity index is 357. The molecule has 2 heterocycles. The van der Waals surface area contributed by atoms with Gasteiger partial charge in [-0.1, -0.05) is 11.6 Å². The monoisotopic (exact) mass is 170 g/mol. The first-order chi connectivity index (χ1) is 4.86. The van der Waals surface area contributed by atoms with E-state index < -0.39 is 0 Å². The molecule has 0 radical (unpaired) electrons. The van der Waals surface area contributed by atoms with Crippen molar-refractivity contribution in [2.24, 2.45) is 0 Å². The predicted octanol–water partition coefficient (Wildman–Crippen LogP) is 2.34. The van der Waals surface area contributed by atoms with Gasteiger partial charge in [0.05, 0.1) is 15.2 Å². The summed E-state index contributed by atoms with van der Waals surface area (Å²) in [5.74, 6) is 0. The lowest BCUT2D eigenvalue weighted by molar-refractivity contribution is 1.33. The van der Waals surface area contributed by atoms with Crippen molar-refractivity contribution in [3.8, 4) is 0 Å². The van der Waals surface area contributed by atoms with Crippen molar-refractivity contribution in [1.29, 1.82) is 0 Å². The molecule has 2 nitrogen and oxygen atoms in total. The fourth-order valence-electron chi connectivity index (χ4n) is 0.730. The molecule has 4 heteroatoms. The molecule has 0 N–H and O–H groups in total. The zero-order chi connectivity index (χ0) is 6.97. The van der Waals surface area contributed by atoms with Crippen LogP contribution in [0, 0.1) is 0 Å². The summed E-state index contributed by atoms with van der Waals surface area (Å²) < 4.78 is 1.03. The standard InChI is InChI=1S/C6H3ClN2S/c7-4-1-5-6(8-2-4)9-3-10-5/h1-3H. The minimum absolute atomic E-state index is 0.664. The first-order valence-corrected chi connectivity index (χ1v) is 3.97. The molecular weight excluding hydrogens is 168 g/mol. The molecule has 0 spiro atoms. The Hall–Kier alpha value is -0.670. The maximum absolute atomic E-state index is 5.69. The molecule has 2 aromatic rings. The molecule has 10 heavy (non-hydrogen) atoms. The van der Waals surface area contributed by atoms with E-state index in [1.165, 1.54) is 0 Å². The molecule has 2 rings (SSSR count). The van der Waals surface area contributed by atoms with Crippen LogP contribution in [0.15, 0.2) is 17.8 Å². The lowest BCUT2D eigenvalue weighted by atomic mass is 10.5. The second-order valence-electron chi connectivity index (χ2n) is 1.83. The van der Waals surface area contributed by atoms with Gasteiger partial charge >= 0.3 is 0 Å². The van der Waals surface area contributed by atoms with Crippen molar-refractivity contribution in [3.63, 3.8) is 0 Å². The second kappa shape index (κ2) is 2.18. The van der Waals surface area contributed by atoms with Crippen LogP contribution in [0.4, 0.5) is 0 Å². The Morgan fingerprint density at radius 1 is 1.40 bits per heavy atom. The normalized spacial score (nSPS) is 10.5. The Morgan fingerprint density at radius 2 is 2.30 bits per heavy atom. The number of hydrogen-bond acceptors (Lipinski definition) is 3. The first kappa shape index (κ1) is 6.07. The number of fused-ring (bicyclic) bond motifs is 1. The molecule has 0 saturated heterocycles. The quantitative estimate of drug-likeness (QED) is 0.607. The molecule has 0 aliphatic heterocycles. The largest absolute Gasteiger partial charge is 0.234 e. The maximum atomic E-state index is 5.69. The average Bonchev–Trinajstić information content (AvgIpc) is 2.33. The molecule has 0 aliphatic carbocycles. The van der Waals surface area contributed by atoms with Gasteiger partial charge in [-0.2, -0.15) is 0 Å². The SMILES string of the molecule is Clc1cnc2ncsc2c1. The maximum Gasteiger partial charge on any atom is 0.170 e. The summed E-state index contributed by atoms with van der Waals surface area (Å²) in [6, 6.07) is 1.86. The highest BCUT2D eigenvalue weighted by molar-refractivity contribution is 7.16. The van der Waals surface area contributed by atoms with Crippen molar-refractivity contribution >= 4 is 33.3 Å². The number of hydrogen-bond donors (Lipinski definition) is 0. The molecule has 0 aromatic carbocycles. The van der Waals surface area contributed by atoms with Crippen LogP contribution in [0.1, 0.15) is 0 Å². The van der Waals surface area contributed by atoms with Crippen LogP contribution >= 0.6 is 22.9 Å². The average molecular weight is 171 g/mol. The van der Waals surface area contributed by atoms with Gasteiger partial charge in [-0.05, 0) is 6.07 Å². The Labute approximate surface area is 66.5 Å². The fourth-order valence-corrected chi connectivity index (χ4v) is 1.62. The minimum Gasteiger partial charge on any atom is -0.234 e. The zero-order valence-corrected chi connectivity index (χ0v) is 6.49. The number of thiazole rings is 1. The van der Waals surface area contributed by atoms with E-state index in [-0.39, 0.29) is 0 Å². The van der Waals surface area contributed by atoms with Gasteiger partial charge in [-0.25, -0.2) is 9.97 Å². The van der Waals surface area contributed by atoms with Gasteiger partial charge in [-0.15, -0.1) is 11.3 Å². The third-order valence-corrected chi connectivity index (χ3v) is 2.13. The molecule has 2 aromatic heterocycles. The highest BCUT2D eigenvalue weighted by Crippen LogP contribution is 2.18. The van der Waals surface area contributed by atoms with Gasteiger partial charge < -0.3 is 0 Å². The summed E-state index contributed by atoms with van der Waals surface area (Å²) in [6.45, 7) is 0. The Morgan fingerprint density at radius 3 is 3.20 bits per heavy atom. The Balaban J connectivity index is 2.86. The van der Waals surface area contributed by atoms with Crippen molar-refractivity contribution in [1.82, 2.24) is 9.97 Å². The number of rotatable bonds is 0. The van der Waals surface area contributed by atoms with Crippen LogP contribution in [0.5, 0.6) is 0 Å². The molecular formula is C6H3ClN2S. The van der Waals surface area contributed by atoms with Gasteiger partial charge in [0.1, 0.15) is 0 Å². The first-order valence-electron chi connectivity index (χ1n) is 2.71. The van der Waals surface area contributed by atoms with Crippen LogP contribution in [-0.2, 0) is 0 Å². The van der Waals surface area contributed by atoms with Gasteiger partial charge in [-0.3, -0.25) is 0 Å². The molecule has 0 fully saturated rings. The van der Waals surface area contributed by atoms with E-state index in [1.807, 2.05) is 6.07 Å². The van der Waals surface area contributed by atoms with Crippen LogP contribution in [0.3, 0.4) is 0 Å². The van der Waals surface area contributed by atoms with Crippen LogP contribution in [-0.4, -0.2) is 9.97 Å². The van der Waals surface area contributed by atoms with E-state index in [4.69, 9.17) is 11.6 Å². The molecule has 0 unspecified atom stereocenters. The predicted molar refractivity (Wildman–Crippen MR) is 42.4 cm³/mol. The Kier molecular flexibility index (Phi) is 1.32. The highest BCUT2D eigenvalue weighted by atomic mass is 35.5. The van der Waals surface area contributed by atoms with E-state index in [0.29, 0.717) is 5.02 Å². The second-order valence-corrected chi connectivity index (χ2v) is 3.15. The zero-order valence-electron chi connectivity index (χ0n) is 4.91. The number of aromatic nitrogens is 2. The van der Waals surface area contributed by atoms with Gasteiger partial charge in [0, 0.05) is 6.20 Å². The van der Waals surface area contributed by atoms with E-state index in [2.05, 4.69) is 9.97 Å². The third-order valence-electron chi connectivity index (χ3n) is 1.15. The van der Waals surface area contributed by atoms with E-state index in [9.17, 15) is 0 Å². The summed E-state index contributed by atoms with van der Waals surface area (Å²) >= 11 is 7.24. The fraction of sp³-hybridized carbons (Fsp3) is 0. The van der Waals surface area contributed by atoms with Crippen molar-refractivity contribution in [2.45, 2.75) is 0 Å². The molecule has 0 saturated carbocycles. The topological polar surface area (TPSA) is 25.8 Å². The number of nitrogens with zero attached hydrogens (tertiary/aromatic N) is 2. The molecule has 0 atom stereocenters. The molecule has 0 amide bonds. The van der Waals surface area contributed by atoms with Gasteiger partial charge in [0.15, 0.2) is 5.65 Å². The van der Waals surface area contributed by atoms with Crippen molar-refractivity contribution in [3.05, 3.63) is 22.8 Å². The van der Waals surface area contributed by atoms with Crippen LogP contribution in [0.2, 0.25) is 5.02 Å². The summed E-state index contributed by atoms with van der Waals surface area (Å²) in [4.78, 5) is 8.02.